The van der Waals surface area contributed by atoms with Crippen LogP contribution in [0.1, 0.15) is 28.4 Å². The molecule has 0 saturated heterocycles. The lowest BCUT2D eigenvalue weighted by Crippen LogP contribution is -2.33. The minimum atomic E-state index is -4.50. The molecule has 9 heteroatoms. The van der Waals surface area contributed by atoms with E-state index in [-0.39, 0.29) is 11.5 Å². The quantitative estimate of drug-likeness (QED) is 0.658. The first-order chi connectivity index (χ1) is 11.7. The molecular weight excluding hydrogens is 337 g/mol. The molecule has 1 aliphatic rings. The molecule has 1 unspecified atom stereocenters. The van der Waals surface area contributed by atoms with Gasteiger partial charge in [-0.2, -0.15) is 13.2 Å². The highest BCUT2D eigenvalue weighted by atomic mass is 19.4. The van der Waals surface area contributed by atoms with E-state index in [2.05, 4.69) is 4.98 Å². The maximum Gasteiger partial charge on any atom is 0.416 e. The molecule has 130 valence electrons. The van der Waals surface area contributed by atoms with Crippen molar-refractivity contribution < 1.29 is 18.1 Å². The minimum Gasteiger partial charge on any atom is -0.313 e. The molecule has 0 bridgehead atoms. The average Bonchev–Trinajstić information content (AvgIpc) is 2.54. The Bertz CT molecular complexity index is 880. The molecule has 3 rings (SSSR count). The number of aromatic nitrogens is 1. The Balaban J connectivity index is 2.07. The van der Waals surface area contributed by atoms with E-state index in [1.54, 1.807) is 19.1 Å². The molecule has 2 heterocycles. The maximum absolute atomic E-state index is 12.9. The predicted octanol–water partition coefficient (Wildman–Crippen LogP) is 3.77. The molecule has 1 aromatic carbocycles. The Hall–Kier alpha value is -2.94. The average molecular weight is 350 g/mol. The van der Waals surface area contributed by atoms with Crippen LogP contribution in [0, 0.1) is 17.0 Å². The van der Waals surface area contributed by atoms with Gasteiger partial charge in [-0.1, -0.05) is 12.1 Å². The van der Waals surface area contributed by atoms with Gasteiger partial charge in [0.05, 0.1) is 16.1 Å². The molecule has 2 aromatic rings. The van der Waals surface area contributed by atoms with E-state index in [9.17, 15) is 23.3 Å². The van der Waals surface area contributed by atoms with Crippen molar-refractivity contribution in [3.8, 4) is 0 Å². The van der Waals surface area contributed by atoms with Crippen LogP contribution in [-0.4, -0.2) is 9.91 Å². The second kappa shape index (κ2) is 5.85. The summed E-state index contributed by atoms with van der Waals surface area (Å²) in [5, 5.41) is 11.3. The smallest absolute Gasteiger partial charge is 0.313 e. The molecule has 1 aromatic heterocycles. The van der Waals surface area contributed by atoms with Crippen molar-refractivity contribution in [2.75, 3.05) is 4.90 Å². The van der Waals surface area contributed by atoms with E-state index >= 15 is 0 Å². The van der Waals surface area contributed by atoms with Gasteiger partial charge in [0.2, 0.25) is 0 Å². The molecule has 0 saturated carbocycles. The highest BCUT2D eigenvalue weighted by Gasteiger charge is 2.33. The third kappa shape index (κ3) is 2.93. The van der Waals surface area contributed by atoms with E-state index in [4.69, 9.17) is 5.73 Å². The zero-order valence-electron chi connectivity index (χ0n) is 13.0. The molecule has 1 atom stereocenters. The largest absolute Gasteiger partial charge is 0.416 e. The number of alkyl halides is 3. The van der Waals surface area contributed by atoms with Gasteiger partial charge in [-0.25, -0.2) is 4.98 Å². The van der Waals surface area contributed by atoms with Gasteiger partial charge in [0.25, 0.3) is 5.69 Å². The Kier molecular flexibility index (Phi) is 3.96. The van der Waals surface area contributed by atoms with Crippen LogP contribution in [0.15, 0.2) is 36.7 Å². The molecular formula is C16H13F3N4O2. The number of pyridine rings is 1. The second-order valence-corrected chi connectivity index (χ2v) is 5.56. The van der Waals surface area contributed by atoms with Crippen molar-refractivity contribution in [3.05, 3.63) is 69.0 Å². The first-order valence-electron chi connectivity index (χ1n) is 7.23. The van der Waals surface area contributed by atoms with Crippen LogP contribution < -0.4 is 10.6 Å². The molecule has 25 heavy (non-hydrogen) atoms. The number of anilines is 1. The second-order valence-electron chi connectivity index (χ2n) is 5.56. The van der Waals surface area contributed by atoms with Crippen molar-refractivity contribution in [2.24, 2.45) is 5.73 Å². The van der Waals surface area contributed by atoms with Crippen LogP contribution in [0.3, 0.4) is 0 Å². The van der Waals surface area contributed by atoms with Crippen molar-refractivity contribution in [1.82, 2.24) is 4.98 Å². The number of rotatable bonds is 2. The molecule has 6 nitrogen and oxygen atoms in total. The van der Waals surface area contributed by atoms with Gasteiger partial charge >= 0.3 is 6.18 Å². The Labute approximate surface area is 140 Å². The summed E-state index contributed by atoms with van der Waals surface area (Å²) in [6, 6.07) is 4.95. The lowest BCUT2D eigenvalue weighted by Gasteiger charge is -2.31. The van der Waals surface area contributed by atoms with Gasteiger partial charge in [0, 0.05) is 23.5 Å². The summed E-state index contributed by atoms with van der Waals surface area (Å²) in [4.78, 5) is 16.1. The third-order valence-electron chi connectivity index (χ3n) is 3.99. The Morgan fingerprint density at radius 2 is 2.04 bits per heavy atom. The molecule has 0 aliphatic carbocycles. The zero-order chi connectivity index (χ0) is 18.4. The van der Waals surface area contributed by atoms with Gasteiger partial charge in [0.15, 0.2) is 0 Å². The van der Waals surface area contributed by atoms with Crippen LogP contribution >= 0.6 is 0 Å². The van der Waals surface area contributed by atoms with E-state index in [1.165, 1.54) is 17.2 Å². The molecule has 0 spiro atoms. The van der Waals surface area contributed by atoms with Crippen molar-refractivity contribution >= 4 is 17.6 Å². The van der Waals surface area contributed by atoms with Crippen molar-refractivity contribution in [3.63, 3.8) is 0 Å². The molecule has 1 aliphatic heterocycles. The van der Waals surface area contributed by atoms with Gasteiger partial charge in [-0.15, -0.1) is 0 Å². The monoisotopic (exact) mass is 350 g/mol. The van der Waals surface area contributed by atoms with Crippen LogP contribution in [0.2, 0.25) is 0 Å². The fourth-order valence-corrected chi connectivity index (χ4v) is 2.76. The highest BCUT2D eigenvalue weighted by molar-refractivity contribution is 5.73. The SMILES string of the molecule is Cc1ccc2c(c1[N+](=O)[O-])C=CN(c1cc(C(F)(F)F)ccn1)C2N. The molecule has 0 fully saturated rings. The van der Waals surface area contributed by atoms with Crippen LogP contribution in [0.25, 0.3) is 6.08 Å². The molecule has 2 N–H and O–H groups in total. The lowest BCUT2D eigenvalue weighted by molar-refractivity contribution is -0.385. The summed E-state index contributed by atoms with van der Waals surface area (Å²) in [5.41, 5.74) is 6.48. The summed E-state index contributed by atoms with van der Waals surface area (Å²) >= 11 is 0. The van der Waals surface area contributed by atoms with E-state index in [0.717, 1.165) is 18.3 Å². The highest BCUT2D eigenvalue weighted by Crippen LogP contribution is 2.38. The lowest BCUT2D eigenvalue weighted by atomic mass is 9.96. The summed E-state index contributed by atoms with van der Waals surface area (Å²) in [7, 11) is 0. The number of nitrogens with two attached hydrogens (primary N) is 1. The van der Waals surface area contributed by atoms with E-state index in [1.807, 2.05) is 0 Å². The molecule has 0 radical (unpaired) electrons. The summed E-state index contributed by atoms with van der Waals surface area (Å²) in [5.74, 6) is 0.00690. The van der Waals surface area contributed by atoms with Crippen LogP contribution in [0.5, 0.6) is 0 Å². The Morgan fingerprint density at radius 3 is 2.68 bits per heavy atom. The zero-order valence-corrected chi connectivity index (χ0v) is 13.0. The summed E-state index contributed by atoms with van der Waals surface area (Å²) in [6.07, 6.45) is -1.48. The minimum absolute atomic E-state index is 0.00690. The number of aryl methyl sites for hydroxylation is 1. The number of hydrogen-bond donors (Lipinski definition) is 1. The number of hydrogen-bond acceptors (Lipinski definition) is 5. The topological polar surface area (TPSA) is 85.3 Å². The number of nitro benzene ring substituents is 1. The number of nitrogens with zero attached hydrogens (tertiary/aromatic N) is 3. The molecule has 0 amide bonds. The summed E-state index contributed by atoms with van der Waals surface area (Å²) in [6.45, 7) is 1.61. The van der Waals surface area contributed by atoms with E-state index < -0.39 is 22.8 Å². The van der Waals surface area contributed by atoms with Gasteiger partial charge in [-0.05, 0) is 25.1 Å². The fourth-order valence-electron chi connectivity index (χ4n) is 2.76. The Morgan fingerprint density at radius 1 is 1.32 bits per heavy atom. The van der Waals surface area contributed by atoms with Crippen molar-refractivity contribution in [2.45, 2.75) is 19.3 Å². The summed E-state index contributed by atoms with van der Waals surface area (Å²) < 4.78 is 38.7. The number of halogens is 3. The first-order valence-corrected chi connectivity index (χ1v) is 7.23. The van der Waals surface area contributed by atoms with Crippen molar-refractivity contribution in [1.29, 1.82) is 0 Å². The van der Waals surface area contributed by atoms with E-state index in [0.29, 0.717) is 16.7 Å². The fraction of sp³-hybridized carbons (Fsp3) is 0.188. The van der Waals surface area contributed by atoms with Gasteiger partial charge in [0.1, 0.15) is 12.0 Å². The van der Waals surface area contributed by atoms with Crippen LogP contribution in [-0.2, 0) is 6.18 Å². The number of fused-ring (bicyclic) bond motifs is 1. The normalized spacial score (nSPS) is 16.7. The van der Waals surface area contributed by atoms with Gasteiger partial charge < -0.3 is 10.6 Å². The van der Waals surface area contributed by atoms with Gasteiger partial charge in [-0.3, -0.25) is 10.1 Å². The van der Waals surface area contributed by atoms with Crippen LogP contribution in [0.4, 0.5) is 24.7 Å². The predicted molar refractivity (Wildman–Crippen MR) is 85.5 cm³/mol. The third-order valence-corrected chi connectivity index (χ3v) is 3.99. The first kappa shape index (κ1) is 16.9. The number of nitro groups is 1. The maximum atomic E-state index is 12.9. The standard InChI is InChI=1S/C16H13F3N4O2/c1-9-2-3-12-11(14(9)23(24)25)5-7-22(15(12)20)13-8-10(4-6-21-13)16(17,18)19/h2-8,15H,20H2,1H3. The number of benzene rings is 1.